The van der Waals surface area contributed by atoms with Crippen molar-refractivity contribution in [2.45, 2.75) is 34.1 Å². The summed E-state index contributed by atoms with van der Waals surface area (Å²) in [5.41, 5.74) is 4.57. The topological polar surface area (TPSA) is 69.7 Å². The number of aryl methyl sites for hydroxylation is 3. The average molecular weight is 368 g/mol. The maximum Gasteiger partial charge on any atom is 0.310 e. The second kappa shape index (κ2) is 8.62. The van der Waals surface area contributed by atoms with Crippen LogP contribution in [0.15, 0.2) is 30.3 Å². The number of carbonyl (C=O) groups is 3. The van der Waals surface area contributed by atoms with Crippen LogP contribution in [0.25, 0.3) is 0 Å². The first-order valence-electron chi connectivity index (χ1n) is 8.67. The third kappa shape index (κ3) is 5.03. The Balaban J connectivity index is 2.06. The van der Waals surface area contributed by atoms with E-state index in [0.29, 0.717) is 22.4 Å². The van der Waals surface area contributed by atoms with E-state index in [1.54, 1.807) is 18.2 Å². The van der Waals surface area contributed by atoms with E-state index in [2.05, 4.69) is 0 Å². The number of Topliss-reactive ketones (excluding diaryl/α,β-unsaturated/α-hetero) is 2. The summed E-state index contributed by atoms with van der Waals surface area (Å²) in [6, 6.07) is 8.66. The molecular weight excluding hydrogens is 344 g/mol. The highest BCUT2D eigenvalue weighted by Gasteiger charge is 2.16. The summed E-state index contributed by atoms with van der Waals surface area (Å²) in [6.07, 6.45) is -0.0799. The minimum Gasteiger partial charge on any atom is -0.496 e. The molecule has 5 nitrogen and oxygen atoms in total. The van der Waals surface area contributed by atoms with E-state index in [1.165, 1.54) is 14.0 Å². The standard InChI is InChI=1S/C22H24O5/c1-13-8-15(3)19(9-14(13)2)20(24)12-27-22(25)11-18-10-17(16(4)23)6-7-21(18)26-5/h6-10H,11-12H2,1-5H3. The SMILES string of the molecule is COc1ccc(C(C)=O)cc1CC(=O)OCC(=O)c1cc(C)c(C)cc1C. The lowest BCUT2D eigenvalue weighted by atomic mass is 9.98. The molecule has 2 aromatic carbocycles. The number of carbonyl (C=O) groups excluding carboxylic acids is 3. The van der Waals surface area contributed by atoms with Crippen molar-refractivity contribution in [2.75, 3.05) is 13.7 Å². The maximum absolute atomic E-state index is 12.4. The molecule has 142 valence electrons. The van der Waals surface area contributed by atoms with Gasteiger partial charge in [-0.3, -0.25) is 14.4 Å². The smallest absolute Gasteiger partial charge is 0.310 e. The van der Waals surface area contributed by atoms with Crippen LogP contribution in [-0.4, -0.2) is 31.3 Å². The molecule has 0 heterocycles. The minimum atomic E-state index is -0.552. The van der Waals surface area contributed by atoms with Crippen molar-refractivity contribution in [1.29, 1.82) is 0 Å². The molecule has 0 saturated heterocycles. The predicted molar refractivity (Wildman–Crippen MR) is 103 cm³/mol. The number of hydrogen-bond donors (Lipinski definition) is 0. The molecule has 0 unspecified atom stereocenters. The van der Waals surface area contributed by atoms with Gasteiger partial charge in [-0.15, -0.1) is 0 Å². The lowest BCUT2D eigenvalue weighted by Gasteiger charge is -2.11. The highest BCUT2D eigenvalue weighted by molar-refractivity contribution is 5.99. The Bertz CT molecular complexity index is 896. The molecule has 5 heteroatoms. The zero-order valence-corrected chi connectivity index (χ0v) is 16.3. The maximum atomic E-state index is 12.4. The fraction of sp³-hybridized carbons (Fsp3) is 0.318. The largest absolute Gasteiger partial charge is 0.496 e. The summed E-state index contributed by atoms with van der Waals surface area (Å²) in [5.74, 6) is -0.404. The molecule has 0 aromatic heterocycles. The molecule has 2 rings (SSSR count). The lowest BCUT2D eigenvalue weighted by molar-refractivity contribution is -0.141. The molecule has 0 aliphatic rings. The Morgan fingerprint density at radius 2 is 1.59 bits per heavy atom. The Labute approximate surface area is 159 Å². The van der Waals surface area contributed by atoms with Crippen molar-refractivity contribution in [3.63, 3.8) is 0 Å². The van der Waals surface area contributed by atoms with Crippen molar-refractivity contribution in [3.05, 3.63) is 63.7 Å². The second-order valence-electron chi connectivity index (χ2n) is 6.59. The van der Waals surface area contributed by atoms with E-state index < -0.39 is 5.97 Å². The molecule has 0 amide bonds. The van der Waals surface area contributed by atoms with Crippen LogP contribution in [0.4, 0.5) is 0 Å². The molecule has 2 aromatic rings. The van der Waals surface area contributed by atoms with Crippen molar-refractivity contribution >= 4 is 17.5 Å². The van der Waals surface area contributed by atoms with Crippen molar-refractivity contribution < 1.29 is 23.9 Å². The van der Waals surface area contributed by atoms with Gasteiger partial charge in [-0.25, -0.2) is 0 Å². The fourth-order valence-corrected chi connectivity index (χ4v) is 2.83. The van der Waals surface area contributed by atoms with E-state index in [9.17, 15) is 14.4 Å². The first-order valence-corrected chi connectivity index (χ1v) is 8.67. The van der Waals surface area contributed by atoms with Gasteiger partial charge in [-0.2, -0.15) is 0 Å². The zero-order valence-electron chi connectivity index (χ0n) is 16.3. The van der Waals surface area contributed by atoms with Crippen molar-refractivity contribution in [3.8, 4) is 5.75 Å². The summed E-state index contributed by atoms with van der Waals surface area (Å²) in [7, 11) is 1.49. The van der Waals surface area contributed by atoms with Crippen LogP contribution in [0.5, 0.6) is 5.75 Å². The number of rotatable bonds is 7. The van der Waals surface area contributed by atoms with Crippen molar-refractivity contribution in [2.24, 2.45) is 0 Å². The van der Waals surface area contributed by atoms with Gasteiger partial charge in [-0.05, 0) is 68.7 Å². The molecule has 0 radical (unpaired) electrons. The van der Waals surface area contributed by atoms with Gasteiger partial charge in [0.05, 0.1) is 13.5 Å². The summed E-state index contributed by atoms with van der Waals surface area (Å²) >= 11 is 0. The Morgan fingerprint density at radius 3 is 2.22 bits per heavy atom. The van der Waals surface area contributed by atoms with Gasteiger partial charge in [0.25, 0.3) is 0 Å². The number of ether oxygens (including phenoxy) is 2. The van der Waals surface area contributed by atoms with Gasteiger partial charge < -0.3 is 9.47 Å². The molecule has 0 atom stereocenters. The minimum absolute atomic E-state index is 0.0799. The van der Waals surface area contributed by atoms with Crippen LogP contribution in [0, 0.1) is 20.8 Å². The van der Waals surface area contributed by atoms with Crippen LogP contribution in [0.3, 0.4) is 0 Å². The van der Waals surface area contributed by atoms with Gasteiger partial charge >= 0.3 is 5.97 Å². The molecule has 0 aliphatic heterocycles. The second-order valence-corrected chi connectivity index (χ2v) is 6.59. The predicted octanol–water partition coefficient (Wildman–Crippen LogP) is 3.79. The highest BCUT2D eigenvalue weighted by atomic mass is 16.5. The van der Waals surface area contributed by atoms with E-state index >= 15 is 0 Å². The van der Waals surface area contributed by atoms with Crippen LogP contribution in [0.2, 0.25) is 0 Å². The number of esters is 1. The number of ketones is 2. The van der Waals surface area contributed by atoms with Crippen LogP contribution in [0.1, 0.15) is 49.9 Å². The number of hydrogen-bond acceptors (Lipinski definition) is 5. The Kier molecular flexibility index (Phi) is 6.50. The first-order chi connectivity index (χ1) is 12.7. The van der Waals surface area contributed by atoms with Crippen LogP contribution < -0.4 is 4.74 Å². The van der Waals surface area contributed by atoms with Crippen LogP contribution in [-0.2, 0) is 16.0 Å². The normalized spacial score (nSPS) is 10.4. The average Bonchev–Trinajstić information content (AvgIpc) is 2.62. The van der Waals surface area contributed by atoms with E-state index in [1.807, 2.05) is 32.9 Å². The van der Waals surface area contributed by atoms with Gasteiger partial charge in [0.15, 0.2) is 12.4 Å². The molecule has 0 N–H and O–H groups in total. The quantitative estimate of drug-likeness (QED) is 0.549. The molecular formula is C22H24O5. The molecule has 27 heavy (non-hydrogen) atoms. The summed E-state index contributed by atoms with van der Waals surface area (Å²) in [4.78, 5) is 36.1. The monoisotopic (exact) mass is 368 g/mol. The van der Waals surface area contributed by atoms with Gasteiger partial charge in [0.2, 0.25) is 5.78 Å². The molecule has 0 bridgehead atoms. The van der Waals surface area contributed by atoms with E-state index in [4.69, 9.17) is 9.47 Å². The third-order valence-corrected chi connectivity index (χ3v) is 4.53. The van der Waals surface area contributed by atoms with Gasteiger partial charge in [-0.1, -0.05) is 6.07 Å². The van der Waals surface area contributed by atoms with Gasteiger partial charge in [0.1, 0.15) is 5.75 Å². The fourth-order valence-electron chi connectivity index (χ4n) is 2.83. The first kappa shape index (κ1) is 20.4. The number of methoxy groups -OCH3 is 1. The molecule has 0 fully saturated rings. The Morgan fingerprint density at radius 1 is 0.926 bits per heavy atom. The lowest BCUT2D eigenvalue weighted by Crippen LogP contribution is -2.17. The van der Waals surface area contributed by atoms with E-state index in [0.717, 1.165) is 16.7 Å². The third-order valence-electron chi connectivity index (χ3n) is 4.53. The van der Waals surface area contributed by atoms with E-state index in [-0.39, 0.29) is 24.6 Å². The number of benzene rings is 2. The molecule has 0 spiro atoms. The summed E-state index contributed by atoms with van der Waals surface area (Å²) in [6.45, 7) is 6.91. The molecule has 0 aliphatic carbocycles. The zero-order chi connectivity index (χ0) is 20.1. The highest BCUT2D eigenvalue weighted by Crippen LogP contribution is 2.21. The van der Waals surface area contributed by atoms with Crippen molar-refractivity contribution in [1.82, 2.24) is 0 Å². The van der Waals surface area contributed by atoms with Crippen LogP contribution >= 0.6 is 0 Å². The summed E-state index contributed by atoms with van der Waals surface area (Å²) < 4.78 is 10.4. The Hall–Kier alpha value is -2.95. The summed E-state index contributed by atoms with van der Waals surface area (Å²) in [5, 5.41) is 0. The van der Waals surface area contributed by atoms with Gasteiger partial charge in [0, 0.05) is 16.7 Å². The molecule has 0 saturated carbocycles.